The predicted molar refractivity (Wildman–Crippen MR) is 107 cm³/mol. The molecule has 0 aromatic heterocycles. The highest BCUT2D eigenvalue weighted by atomic mass is 32.2. The van der Waals surface area contributed by atoms with Crippen LogP contribution < -0.4 is 5.32 Å². The minimum absolute atomic E-state index is 0.143. The SMILES string of the molecule is CCOC(=O)[C@H]1O[C@@H]1C(=O)N[C@@H](CSCc1ccccc1)C(=O)N1CCOCC1. The molecule has 0 unspecified atom stereocenters. The van der Waals surface area contributed by atoms with Crippen molar-refractivity contribution in [2.45, 2.75) is 30.9 Å². The van der Waals surface area contributed by atoms with Crippen molar-refractivity contribution in [3.05, 3.63) is 35.9 Å². The minimum Gasteiger partial charge on any atom is -0.464 e. The van der Waals surface area contributed by atoms with Crippen molar-refractivity contribution in [3.8, 4) is 0 Å². The quantitative estimate of drug-likeness (QED) is 0.460. The van der Waals surface area contributed by atoms with Gasteiger partial charge in [-0.3, -0.25) is 9.59 Å². The first-order valence-electron chi connectivity index (χ1n) is 9.70. The zero-order chi connectivity index (χ0) is 20.6. The van der Waals surface area contributed by atoms with Crippen LogP contribution in [0.15, 0.2) is 30.3 Å². The van der Waals surface area contributed by atoms with Crippen molar-refractivity contribution in [1.29, 1.82) is 0 Å². The van der Waals surface area contributed by atoms with Gasteiger partial charge in [0.1, 0.15) is 6.04 Å². The summed E-state index contributed by atoms with van der Waals surface area (Å²) >= 11 is 1.57. The number of ether oxygens (including phenoxy) is 3. The number of morpholine rings is 1. The van der Waals surface area contributed by atoms with Gasteiger partial charge in [-0.1, -0.05) is 30.3 Å². The normalized spacial score (nSPS) is 21.9. The zero-order valence-corrected chi connectivity index (χ0v) is 17.2. The number of nitrogens with zero attached hydrogens (tertiary/aromatic N) is 1. The molecule has 9 heteroatoms. The molecule has 2 aliphatic heterocycles. The first-order valence-corrected chi connectivity index (χ1v) is 10.9. The van der Waals surface area contributed by atoms with Crippen LogP contribution in [0.4, 0.5) is 0 Å². The highest BCUT2D eigenvalue weighted by Crippen LogP contribution is 2.24. The second-order valence-electron chi connectivity index (χ2n) is 6.73. The summed E-state index contributed by atoms with van der Waals surface area (Å²) in [5.74, 6) is -0.00420. The molecule has 2 saturated heterocycles. The van der Waals surface area contributed by atoms with Crippen LogP contribution >= 0.6 is 11.8 Å². The number of carbonyl (C=O) groups excluding carboxylic acids is 3. The lowest BCUT2D eigenvalue weighted by molar-refractivity contribution is -0.144. The van der Waals surface area contributed by atoms with Crippen molar-refractivity contribution in [2.24, 2.45) is 0 Å². The molecule has 1 N–H and O–H groups in total. The van der Waals surface area contributed by atoms with Crippen LogP contribution in [0, 0.1) is 0 Å². The number of rotatable bonds is 9. The van der Waals surface area contributed by atoms with Crippen molar-refractivity contribution >= 4 is 29.5 Å². The van der Waals surface area contributed by atoms with Gasteiger partial charge in [0, 0.05) is 24.6 Å². The number of nitrogens with one attached hydrogen (secondary N) is 1. The molecular weight excluding hydrogens is 396 g/mol. The Kier molecular flexibility index (Phi) is 7.91. The summed E-state index contributed by atoms with van der Waals surface area (Å²) in [6.45, 7) is 3.89. The van der Waals surface area contributed by atoms with E-state index in [1.54, 1.807) is 23.6 Å². The Balaban J connectivity index is 1.57. The summed E-state index contributed by atoms with van der Waals surface area (Å²) < 4.78 is 15.3. The molecule has 0 bridgehead atoms. The van der Waals surface area contributed by atoms with Crippen LogP contribution in [0.2, 0.25) is 0 Å². The highest BCUT2D eigenvalue weighted by Gasteiger charge is 2.52. The summed E-state index contributed by atoms with van der Waals surface area (Å²) in [5, 5.41) is 2.76. The average Bonchev–Trinajstić information content (AvgIpc) is 3.55. The molecule has 1 aromatic rings. The van der Waals surface area contributed by atoms with E-state index in [1.807, 2.05) is 30.3 Å². The van der Waals surface area contributed by atoms with Gasteiger partial charge in [-0.15, -0.1) is 0 Å². The van der Waals surface area contributed by atoms with E-state index in [0.29, 0.717) is 32.1 Å². The molecule has 0 aliphatic carbocycles. The van der Waals surface area contributed by atoms with Gasteiger partial charge in [-0.25, -0.2) is 4.79 Å². The van der Waals surface area contributed by atoms with E-state index in [2.05, 4.69) is 5.32 Å². The van der Waals surface area contributed by atoms with Gasteiger partial charge in [0.2, 0.25) is 5.91 Å². The largest absolute Gasteiger partial charge is 0.464 e. The summed E-state index contributed by atoms with van der Waals surface area (Å²) in [7, 11) is 0. The maximum atomic E-state index is 12.9. The van der Waals surface area contributed by atoms with Crippen LogP contribution in [0.5, 0.6) is 0 Å². The van der Waals surface area contributed by atoms with Crippen LogP contribution in [-0.2, 0) is 34.3 Å². The molecule has 3 atom stereocenters. The van der Waals surface area contributed by atoms with Crippen molar-refractivity contribution in [3.63, 3.8) is 0 Å². The molecule has 158 valence electrons. The predicted octanol–water partition coefficient (Wildman–Crippen LogP) is 0.594. The number of amides is 2. The monoisotopic (exact) mass is 422 g/mol. The second-order valence-corrected chi connectivity index (χ2v) is 7.76. The Hall–Kier alpha value is -2.10. The maximum Gasteiger partial charge on any atom is 0.338 e. The van der Waals surface area contributed by atoms with E-state index in [4.69, 9.17) is 14.2 Å². The van der Waals surface area contributed by atoms with E-state index in [1.165, 1.54) is 0 Å². The van der Waals surface area contributed by atoms with Crippen molar-refractivity contribution in [2.75, 3.05) is 38.7 Å². The fourth-order valence-electron chi connectivity index (χ4n) is 3.02. The molecule has 0 spiro atoms. The summed E-state index contributed by atoms with van der Waals surface area (Å²) in [5.41, 5.74) is 1.15. The second kappa shape index (κ2) is 10.6. The zero-order valence-electron chi connectivity index (χ0n) is 16.4. The molecule has 2 heterocycles. The number of thioether (sulfide) groups is 1. The molecule has 2 aliphatic rings. The van der Waals surface area contributed by atoms with Crippen molar-refractivity contribution in [1.82, 2.24) is 10.2 Å². The highest BCUT2D eigenvalue weighted by molar-refractivity contribution is 7.98. The lowest BCUT2D eigenvalue weighted by Crippen LogP contribution is -2.53. The Morgan fingerprint density at radius 1 is 1.21 bits per heavy atom. The van der Waals surface area contributed by atoms with E-state index in [-0.39, 0.29) is 12.5 Å². The van der Waals surface area contributed by atoms with E-state index in [9.17, 15) is 14.4 Å². The molecule has 1 aromatic carbocycles. The van der Waals surface area contributed by atoms with Crippen LogP contribution in [0.1, 0.15) is 12.5 Å². The smallest absolute Gasteiger partial charge is 0.338 e. The van der Waals surface area contributed by atoms with E-state index in [0.717, 1.165) is 11.3 Å². The third-order valence-corrected chi connectivity index (χ3v) is 5.71. The number of hydrogen-bond acceptors (Lipinski definition) is 7. The van der Waals surface area contributed by atoms with Gasteiger partial charge >= 0.3 is 5.97 Å². The Morgan fingerprint density at radius 3 is 2.62 bits per heavy atom. The maximum absolute atomic E-state index is 12.9. The fraction of sp³-hybridized carbons (Fsp3) is 0.550. The van der Waals surface area contributed by atoms with Gasteiger partial charge in [0.05, 0.1) is 19.8 Å². The molecule has 2 fully saturated rings. The van der Waals surface area contributed by atoms with E-state index >= 15 is 0 Å². The van der Waals surface area contributed by atoms with E-state index < -0.39 is 30.1 Å². The van der Waals surface area contributed by atoms with Crippen LogP contribution in [0.3, 0.4) is 0 Å². The van der Waals surface area contributed by atoms with Gasteiger partial charge in [0.25, 0.3) is 5.91 Å². The molecule has 0 saturated carbocycles. The number of benzene rings is 1. The standard InChI is InChI=1S/C20H26N2O6S/c1-2-27-20(25)17-16(28-17)18(23)21-15(19(24)22-8-10-26-11-9-22)13-29-12-14-6-4-3-5-7-14/h3-7,15-17H,2,8-13H2,1H3,(H,21,23)/t15-,16-,17-/m0/s1. The van der Waals surface area contributed by atoms with Gasteiger partial charge in [0.15, 0.2) is 12.2 Å². The summed E-state index contributed by atoms with van der Waals surface area (Å²) in [6, 6.07) is 9.23. The Morgan fingerprint density at radius 2 is 1.93 bits per heavy atom. The lowest BCUT2D eigenvalue weighted by atomic mass is 10.2. The summed E-state index contributed by atoms with van der Waals surface area (Å²) in [4.78, 5) is 38.9. The molecule has 29 heavy (non-hydrogen) atoms. The number of carbonyl (C=O) groups is 3. The fourth-order valence-corrected chi connectivity index (χ4v) is 4.02. The molecule has 3 rings (SSSR count). The van der Waals surface area contributed by atoms with Gasteiger partial charge < -0.3 is 24.4 Å². The van der Waals surface area contributed by atoms with Crippen LogP contribution in [0.25, 0.3) is 0 Å². The van der Waals surface area contributed by atoms with Gasteiger partial charge in [-0.2, -0.15) is 11.8 Å². The third-order valence-electron chi connectivity index (χ3n) is 4.60. The van der Waals surface area contributed by atoms with Gasteiger partial charge in [-0.05, 0) is 12.5 Å². The molecule has 2 amide bonds. The summed E-state index contributed by atoms with van der Waals surface area (Å²) in [6.07, 6.45) is -1.78. The van der Waals surface area contributed by atoms with Crippen molar-refractivity contribution < 1.29 is 28.6 Å². The Bertz CT molecular complexity index is 710. The third kappa shape index (κ3) is 6.19. The number of hydrogen-bond donors (Lipinski definition) is 1. The number of epoxide rings is 1. The molecule has 8 nitrogen and oxygen atoms in total. The number of esters is 1. The first kappa shape index (κ1) is 21.6. The first-order chi connectivity index (χ1) is 14.1. The molecular formula is C20H26N2O6S. The van der Waals surface area contributed by atoms with Crippen LogP contribution in [-0.4, -0.2) is 79.6 Å². The topological polar surface area (TPSA) is 97.5 Å². The lowest BCUT2D eigenvalue weighted by Gasteiger charge is -2.30. The minimum atomic E-state index is -0.895. The Labute approximate surface area is 174 Å². The molecule has 0 radical (unpaired) electrons. The average molecular weight is 423 g/mol.